The second kappa shape index (κ2) is 0.568. The first-order valence-corrected chi connectivity index (χ1v) is 1.95. The molecule has 0 saturated heterocycles. The van der Waals surface area contributed by atoms with Gasteiger partial charge < -0.3 is 0 Å². The summed E-state index contributed by atoms with van der Waals surface area (Å²) in [6.45, 7) is 0.972. The molecule has 4 heavy (non-hydrogen) atoms. The minimum absolute atomic E-state index is 0.972. The monoisotopic (exact) mass is 120 g/mol. The van der Waals surface area contributed by atoms with Crippen LogP contribution in [0.2, 0.25) is 0 Å². The number of hydrogen-bond donors (Lipinski definition) is 0. The Kier molecular flexibility index (Phi) is 0.345. The number of hydrogen-bond acceptors (Lipinski definition) is 1. The second-order valence-corrected chi connectivity index (χ2v) is 1.70. The maximum atomic E-state index is 3.76. The maximum absolute atomic E-state index is 3.76. The van der Waals surface area contributed by atoms with Crippen molar-refractivity contribution in [3.63, 3.8) is 0 Å². The summed E-state index contributed by atoms with van der Waals surface area (Å²) >= 11 is 2.76. The molecule has 0 atom stereocenters. The van der Waals surface area contributed by atoms with E-state index in [-0.39, 0.29) is 0 Å². The van der Waals surface area contributed by atoms with Gasteiger partial charge in [-0.05, 0) is 0 Å². The van der Waals surface area contributed by atoms with Gasteiger partial charge in [-0.3, -0.25) is 0 Å². The molecule has 1 aliphatic rings. The molecule has 0 N–H and O–H groups in total. The fourth-order valence-corrected chi connectivity index (χ4v) is 0.168. The van der Waals surface area contributed by atoms with E-state index in [4.69, 9.17) is 0 Å². The van der Waals surface area contributed by atoms with Gasteiger partial charge in [-0.25, -0.2) is 0 Å². The van der Waals surface area contributed by atoms with Crippen LogP contribution in [-0.4, -0.2) is 27.2 Å². The van der Waals surface area contributed by atoms with Gasteiger partial charge in [-0.15, -0.1) is 0 Å². The number of rotatable bonds is 0. The van der Waals surface area contributed by atoms with Crippen molar-refractivity contribution >= 4 is 20.6 Å². The predicted molar refractivity (Wildman–Crippen MR) is 18.1 cm³/mol. The fraction of sp³-hybridized carbons (Fsp3) is 0.500. The molecule has 1 nitrogen and oxygen atoms in total. The summed E-state index contributed by atoms with van der Waals surface area (Å²) in [6.07, 6.45) is 0. The zero-order valence-electron chi connectivity index (χ0n) is 2.06. The van der Waals surface area contributed by atoms with E-state index in [2.05, 4.69) is 21.0 Å². The van der Waals surface area contributed by atoms with Gasteiger partial charge >= 0.3 is 32.2 Å². The molecular weight excluding hydrogens is 117 g/mol. The van der Waals surface area contributed by atoms with Crippen molar-refractivity contribution in [2.24, 2.45) is 4.99 Å². The Morgan fingerprint density at radius 2 is 2.25 bits per heavy atom. The van der Waals surface area contributed by atoms with Gasteiger partial charge in [0, 0.05) is 0 Å². The third kappa shape index (κ3) is 0.305. The van der Waals surface area contributed by atoms with Crippen molar-refractivity contribution in [1.29, 1.82) is 0 Å². The summed E-state index contributed by atoms with van der Waals surface area (Å²) in [5.41, 5.74) is 0. The van der Waals surface area contributed by atoms with Gasteiger partial charge in [0.15, 0.2) is 0 Å². The fourth-order valence-electron chi connectivity index (χ4n) is 0.0323. The van der Waals surface area contributed by atoms with Crippen LogP contribution in [-0.2, 0) is 0 Å². The molecule has 0 unspecified atom stereocenters. The molecule has 2 heteroatoms. The van der Waals surface area contributed by atoms with E-state index in [1.165, 1.54) is 4.61 Å². The minimum atomic E-state index is 0.972. The van der Waals surface area contributed by atoms with Gasteiger partial charge in [-0.2, -0.15) is 0 Å². The van der Waals surface area contributed by atoms with Crippen molar-refractivity contribution in [2.75, 3.05) is 6.54 Å². The average molecular weight is 119 g/mol. The van der Waals surface area contributed by atoms with Crippen LogP contribution in [0.3, 0.4) is 0 Å². The molecule has 0 bridgehead atoms. The first kappa shape index (κ1) is 2.43. The molecule has 0 aliphatic carbocycles. The summed E-state index contributed by atoms with van der Waals surface area (Å²) in [7, 11) is 0. The van der Waals surface area contributed by atoms with Crippen LogP contribution >= 0.6 is 0 Å². The first-order chi connectivity index (χ1) is 1.89. The Bertz CT molecular complexity index is 57.1. The van der Waals surface area contributed by atoms with Crippen LogP contribution in [0.25, 0.3) is 0 Å². The van der Waals surface area contributed by atoms with Crippen molar-refractivity contribution in [1.82, 2.24) is 0 Å². The van der Waals surface area contributed by atoms with Crippen LogP contribution in [0, 0.1) is 0 Å². The normalized spacial score (nSPS) is 19.5. The average Bonchev–Trinajstić information content (AvgIpc) is 1.75. The molecule has 0 amide bonds. The Labute approximate surface area is 32.9 Å². The Balaban J connectivity index is 2.54. The predicted octanol–water partition coefficient (Wildman–Crippen LogP) is -0.433. The molecule has 0 aromatic heterocycles. The van der Waals surface area contributed by atoms with Gasteiger partial charge in [0.1, 0.15) is 0 Å². The zero-order chi connectivity index (χ0) is 2.99. The molecule has 0 aromatic rings. The quantitative estimate of drug-likeness (QED) is 0.383. The van der Waals surface area contributed by atoms with Crippen molar-refractivity contribution < 1.29 is 0 Å². The molecule has 1 heterocycles. The summed E-state index contributed by atoms with van der Waals surface area (Å²) in [6, 6.07) is 0. The zero-order valence-corrected chi connectivity index (χ0v) is 3.78. The SMILES string of the molecule is [Se]C1=NC1. The van der Waals surface area contributed by atoms with Gasteiger partial charge in [-0.1, -0.05) is 0 Å². The van der Waals surface area contributed by atoms with Crippen LogP contribution in [0.5, 0.6) is 0 Å². The van der Waals surface area contributed by atoms with Gasteiger partial charge in [0.05, 0.1) is 0 Å². The van der Waals surface area contributed by atoms with E-state index < -0.39 is 0 Å². The molecule has 21 valence electrons. The third-order valence-electron chi connectivity index (χ3n) is 0.287. The van der Waals surface area contributed by atoms with Crippen molar-refractivity contribution in [3.8, 4) is 0 Å². The van der Waals surface area contributed by atoms with E-state index in [9.17, 15) is 0 Å². The molecule has 0 fully saturated rings. The van der Waals surface area contributed by atoms with E-state index in [1.807, 2.05) is 0 Å². The molecular formula is C2H2NSe. The van der Waals surface area contributed by atoms with Gasteiger partial charge in [0.25, 0.3) is 0 Å². The van der Waals surface area contributed by atoms with Gasteiger partial charge in [0.2, 0.25) is 0 Å². The second-order valence-electron chi connectivity index (χ2n) is 0.710. The standard InChI is InChI=1S/C2H2NSe/c4-2-1-3-2/h1H2. The van der Waals surface area contributed by atoms with Crippen LogP contribution in [0.4, 0.5) is 0 Å². The Morgan fingerprint density at radius 1 is 2.00 bits per heavy atom. The summed E-state index contributed by atoms with van der Waals surface area (Å²) in [4.78, 5) is 3.76. The van der Waals surface area contributed by atoms with Crippen molar-refractivity contribution in [3.05, 3.63) is 0 Å². The topological polar surface area (TPSA) is 12.4 Å². The Hall–Kier alpha value is 0.189. The summed E-state index contributed by atoms with van der Waals surface area (Å²) in [5.74, 6) is 0. The van der Waals surface area contributed by atoms with E-state index in [1.54, 1.807) is 0 Å². The van der Waals surface area contributed by atoms with E-state index in [0.717, 1.165) is 6.54 Å². The number of aliphatic imine (C=N–C) groups is 1. The molecule has 0 saturated carbocycles. The van der Waals surface area contributed by atoms with Crippen molar-refractivity contribution in [2.45, 2.75) is 0 Å². The molecule has 1 radical (unpaired) electrons. The van der Waals surface area contributed by atoms with Crippen LogP contribution in [0.15, 0.2) is 4.99 Å². The Morgan fingerprint density at radius 3 is 2.25 bits per heavy atom. The van der Waals surface area contributed by atoms with Crippen LogP contribution < -0.4 is 0 Å². The summed E-state index contributed by atoms with van der Waals surface area (Å²) < 4.78 is 1.17. The van der Waals surface area contributed by atoms with Crippen LogP contribution in [0.1, 0.15) is 0 Å². The molecule has 1 aliphatic heterocycles. The summed E-state index contributed by atoms with van der Waals surface area (Å²) in [5, 5.41) is 0. The van der Waals surface area contributed by atoms with E-state index >= 15 is 0 Å². The van der Waals surface area contributed by atoms with E-state index in [0.29, 0.717) is 0 Å². The molecule has 0 spiro atoms. The first-order valence-electron chi connectivity index (χ1n) is 1.10. The number of nitrogens with zero attached hydrogens (tertiary/aromatic N) is 1. The third-order valence-corrected chi connectivity index (χ3v) is 0.829. The molecule has 1 rings (SSSR count). The molecule has 0 aromatic carbocycles.